The third kappa shape index (κ3) is 9.71. The molecule has 0 radical (unpaired) electrons. The number of unbranched alkanes of at least 4 members (excludes halogenated alkanes) is 6. The van der Waals surface area contributed by atoms with Gasteiger partial charge in [-0.2, -0.15) is 0 Å². The maximum absolute atomic E-state index is 6.14. The van der Waals surface area contributed by atoms with Crippen LogP contribution in [0.15, 0.2) is 0 Å². The largest absolute Gasteiger partial charge is 0.381 e. The number of rotatable bonds is 18. The van der Waals surface area contributed by atoms with E-state index in [0.717, 1.165) is 39.2 Å². The van der Waals surface area contributed by atoms with Crippen molar-refractivity contribution in [1.82, 2.24) is 4.90 Å². The summed E-state index contributed by atoms with van der Waals surface area (Å²) in [5.74, 6) is -0.617. The molecule has 3 heterocycles. The predicted molar refractivity (Wildman–Crippen MR) is 128 cm³/mol. The second-order valence-corrected chi connectivity index (χ2v) is 10.2. The monoisotopic (exact) mass is 471 g/mol. The van der Waals surface area contributed by atoms with Crippen LogP contribution in [0.1, 0.15) is 85.0 Å². The van der Waals surface area contributed by atoms with Crippen LogP contribution in [0.2, 0.25) is 0 Å². The van der Waals surface area contributed by atoms with E-state index in [1.165, 1.54) is 64.5 Å². The van der Waals surface area contributed by atoms with Crippen LogP contribution in [0.5, 0.6) is 0 Å². The first-order valence-electron chi connectivity index (χ1n) is 13.6. The van der Waals surface area contributed by atoms with Gasteiger partial charge in [-0.15, -0.1) is 0 Å². The highest BCUT2D eigenvalue weighted by molar-refractivity contribution is 4.95. The Kier molecular flexibility index (Phi) is 12.4. The van der Waals surface area contributed by atoms with Crippen LogP contribution >= 0.6 is 0 Å². The molecule has 0 saturated carbocycles. The number of nitrogens with zero attached hydrogens (tertiary/aromatic N) is 1. The zero-order chi connectivity index (χ0) is 23.4. The number of ether oxygens (including phenoxy) is 6. The topological polar surface area (TPSA) is 58.6 Å². The minimum atomic E-state index is -0.617. The average molecular weight is 472 g/mol. The van der Waals surface area contributed by atoms with E-state index in [9.17, 15) is 0 Å². The highest BCUT2D eigenvalue weighted by Gasteiger charge is 2.55. The Hall–Kier alpha value is -0.280. The van der Waals surface area contributed by atoms with E-state index in [-0.39, 0.29) is 18.3 Å². The highest BCUT2D eigenvalue weighted by Crippen LogP contribution is 2.39. The van der Waals surface area contributed by atoms with Crippen LogP contribution < -0.4 is 0 Å². The Balaban J connectivity index is 1.25. The molecule has 0 bridgehead atoms. The molecule has 33 heavy (non-hydrogen) atoms. The molecule has 0 unspecified atom stereocenters. The summed E-state index contributed by atoms with van der Waals surface area (Å²) < 4.78 is 36.1. The van der Waals surface area contributed by atoms with Crippen LogP contribution in [0.3, 0.4) is 0 Å². The van der Waals surface area contributed by atoms with Gasteiger partial charge in [0, 0.05) is 19.8 Å². The molecule has 0 aliphatic carbocycles. The Labute approximate surface area is 201 Å². The number of hydrogen-bond donors (Lipinski definition) is 0. The Morgan fingerprint density at radius 1 is 0.788 bits per heavy atom. The third-order valence-corrected chi connectivity index (χ3v) is 6.75. The van der Waals surface area contributed by atoms with Gasteiger partial charge in [-0.05, 0) is 52.6 Å². The molecule has 3 rings (SSSR count). The molecule has 7 nitrogen and oxygen atoms in total. The zero-order valence-electron chi connectivity index (χ0n) is 21.4. The maximum Gasteiger partial charge on any atom is 0.187 e. The number of hydrogen-bond acceptors (Lipinski definition) is 7. The van der Waals surface area contributed by atoms with E-state index in [4.69, 9.17) is 28.4 Å². The minimum Gasteiger partial charge on any atom is -0.381 e. The molecule has 0 aromatic heterocycles. The molecular formula is C26H49NO6. The minimum absolute atomic E-state index is 0.148. The maximum atomic E-state index is 6.14. The van der Waals surface area contributed by atoms with Gasteiger partial charge in [0.25, 0.3) is 0 Å². The number of fused-ring (bicyclic) bond motifs is 1. The van der Waals surface area contributed by atoms with Crippen molar-refractivity contribution in [3.05, 3.63) is 0 Å². The van der Waals surface area contributed by atoms with E-state index >= 15 is 0 Å². The second kappa shape index (κ2) is 15.0. The summed E-state index contributed by atoms with van der Waals surface area (Å²) in [7, 11) is 0. The van der Waals surface area contributed by atoms with Crippen LogP contribution in [0.25, 0.3) is 0 Å². The van der Waals surface area contributed by atoms with Crippen LogP contribution in [0, 0.1) is 0 Å². The summed E-state index contributed by atoms with van der Waals surface area (Å²) in [6.07, 6.45) is 11.7. The molecule has 0 aromatic rings. The van der Waals surface area contributed by atoms with Gasteiger partial charge in [0.05, 0.1) is 19.8 Å². The molecule has 194 valence electrons. The van der Waals surface area contributed by atoms with Gasteiger partial charge in [-0.25, -0.2) is 0 Å². The zero-order valence-corrected chi connectivity index (χ0v) is 21.4. The summed E-state index contributed by atoms with van der Waals surface area (Å²) >= 11 is 0. The Morgan fingerprint density at radius 3 is 2.27 bits per heavy atom. The lowest BCUT2D eigenvalue weighted by atomic mass is 10.1. The first-order chi connectivity index (χ1) is 16.1. The van der Waals surface area contributed by atoms with Crippen molar-refractivity contribution in [2.24, 2.45) is 0 Å². The smallest absolute Gasteiger partial charge is 0.187 e. The average Bonchev–Trinajstić information content (AvgIpc) is 3.49. The lowest BCUT2D eigenvalue weighted by Crippen LogP contribution is -2.34. The molecule has 4 atom stereocenters. The van der Waals surface area contributed by atoms with Crippen molar-refractivity contribution in [2.45, 2.75) is 115 Å². The Bertz CT molecular complexity index is 513. The van der Waals surface area contributed by atoms with Crippen molar-refractivity contribution >= 4 is 0 Å². The fourth-order valence-corrected chi connectivity index (χ4v) is 4.93. The lowest BCUT2D eigenvalue weighted by molar-refractivity contribution is -0.238. The van der Waals surface area contributed by atoms with Gasteiger partial charge in [-0.3, -0.25) is 0 Å². The van der Waals surface area contributed by atoms with Gasteiger partial charge in [-0.1, -0.05) is 45.4 Å². The molecule has 7 heteroatoms. The van der Waals surface area contributed by atoms with Crippen molar-refractivity contribution in [1.29, 1.82) is 0 Å². The lowest BCUT2D eigenvalue weighted by Gasteiger charge is -2.24. The van der Waals surface area contributed by atoms with Gasteiger partial charge in [0.1, 0.15) is 18.3 Å². The summed E-state index contributed by atoms with van der Waals surface area (Å²) in [6, 6.07) is 0. The molecule has 3 fully saturated rings. The van der Waals surface area contributed by atoms with E-state index in [1.807, 2.05) is 13.8 Å². The van der Waals surface area contributed by atoms with Crippen molar-refractivity contribution in [3.8, 4) is 0 Å². The summed E-state index contributed by atoms with van der Waals surface area (Å²) in [5.41, 5.74) is 0. The summed E-state index contributed by atoms with van der Waals surface area (Å²) in [6.45, 7) is 12.9. The fourth-order valence-electron chi connectivity index (χ4n) is 4.93. The summed E-state index contributed by atoms with van der Waals surface area (Å²) in [5, 5.41) is 0. The molecule has 0 spiro atoms. The van der Waals surface area contributed by atoms with E-state index in [0.29, 0.717) is 13.2 Å². The standard InChI is InChI=1S/C26H49NO6/c1-4-5-6-7-8-9-12-17-28-18-13-19-30-25-24-23(32-26(2,3)33-24)22(31-25)21-29-20-16-27-14-10-11-15-27/h22-25H,4-21H2,1-3H3/t22-,23+,24+,25+/m1/s1. The number of likely N-dealkylation sites (tertiary alicyclic amines) is 1. The molecule has 0 aromatic carbocycles. The van der Waals surface area contributed by atoms with E-state index in [2.05, 4.69) is 11.8 Å². The molecule has 3 aliphatic heterocycles. The fraction of sp³-hybridized carbons (Fsp3) is 1.00. The second-order valence-electron chi connectivity index (χ2n) is 10.2. The normalized spacial score (nSPS) is 29.2. The van der Waals surface area contributed by atoms with E-state index in [1.54, 1.807) is 0 Å². The molecule has 3 saturated heterocycles. The Morgan fingerprint density at radius 2 is 1.48 bits per heavy atom. The van der Waals surface area contributed by atoms with Crippen molar-refractivity contribution in [2.75, 3.05) is 52.7 Å². The van der Waals surface area contributed by atoms with Crippen LogP contribution in [0.4, 0.5) is 0 Å². The van der Waals surface area contributed by atoms with Crippen LogP contribution in [-0.2, 0) is 28.4 Å². The first kappa shape index (κ1) is 27.3. The third-order valence-electron chi connectivity index (χ3n) is 6.75. The quantitative estimate of drug-likeness (QED) is 0.272. The van der Waals surface area contributed by atoms with Crippen molar-refractivity contribution in [3.63, 3.8) is 0 Å². The van der Waals surface area contributed by atoms with Gasteiger partial charge >= 0.3 is 0 Å². The van der Waals surface area contributed by atoms with E-state index < -0.39 is 12.1 Å². The SMILES string of the molecule is CCCCCCCCCOCCCO[C@H]1O[C@H](COCCN2CCCC2)[C@@H]2OC(C)(C)O[C@H]12. The molecular weight excluding hydrogens is 422 g/mol. The molecule has 0 amide bonds. The summed E-state index contributed by atoms with van der Waals surface area (Å²) in [4.78, 5) is 2.46. The van der Waals surface area contributed by atoms with Gasteiger partial charge in [0.15, 0.2) is 12.1 Å². The van der Waals surface area contributed by atoms with Crippen LogP contribution in [-0.4, -0.2) is 88.0 Å². The van der Waals surface area contributed by atoms with Crippen molar-refractivity contribution < 1.29 is 28.4 Å². The molecule has 0 N–H and O–H groups in total. The highest BCUT2D eigenvalue weighted by atomic mass is 16.8. The first-order valence-corrected chi connectivity index (χ1v) is 13.6. The van der Waals surface area contributed by atoms with Gasteiger partial charge < -0.3 is 33.3 Å². The predicted octanol–water partition coefficient (Wildman–Crippen LogP) is 4.52. The van der Waals surface area contributed by atoms with Gasteiger partial charge in [0.2, 0.25) is 0 Å². The molecule has 3 aliphatic rings.